The summed E-state index contributed by atoms with van der Waals surface area (Å²) in [6, 6.07) is 22.2. The Hall–Kier alpha value is -2.99. The van der Waals surface area contributed by atoms with E-state index in [-0.39, 0.29) is 11.7 Å². The predicted octanol–water partition coefficient (Wildman–Crippen LogP) is 3.57. The monoisotopic (exact) mass is 352 g/mol. The van der Waals surface area contributed by atoms with Gasteiger partial charge in [-0.1, -0.05) is 48.5 Å². The lowest BCUT2D eigenvalue weighted by atomic mass is 10.1. The molecule has 2 aromatic carbocycles. The van der Waals surface area contributed by atoms with Crippen molar-refractivity contribution in [1.29, 1.82) is 0 Å². The average molecular weight is 352 g/mol. The highest BCUT2D eigenvalue weighted by Gasteiger charge is 2.22. The molecule has 0 aliphatic rings. The Labute approximate surface area is 149 Å². The zero-order valence-electron chi connectivity index (χ0n) is 13.2. The zero-order chi connectivity index (χ0) is 17.5. The number of carbonyl (C=O) groups is 2. The summed E-state index contributed by atoms with van der Waals surface area (Å²) < 4.78 is 5.00. The second-order valence-corrected chi connectivity index (χ2v) is 6.32. The fourth-order valence-electron chi connectivity index (χ4n) is 2.19. The van der Waals surface area contributed by atoms with Crippen LogP contribution in [0.5, 0.6) is 0 Å². The quantitative estimate of drug-likeness (QED) is 0.544. The van der Waals surface area contributed by atoms with E-state index in [1.165, 1.54) is 24.1 Å². The molecule has 2 amide bonds. The summed E-state index contributed by atoms with van der Waals surface area (Å²) in [4.78, 5) is 25.5. The van der Waals surface area contributed by atoms with Gasteiger partial charge in [-0.2, -0.15) is 0 Å². The molecule has 0 bridgehead atoms. The Morgan fingerprint density at radius 3 is 2.16 bits per heavy atom. The van der Waals surface area contributed by atoms with Crippen molar-refractivity contribution >= 4 is 23.6 Å². The number of hydrogen-bond acceptors (Lipinski definition) is 4. The normalized spacial score (nSPS) is 11.5. The maximum atomic E-state index is 12.6. The number of hydrazine groups is 1. The van der Waals surface area contributed by atoms with Gasteiger partial charge in [0.25, 0.3) is 5.91 Å². The van der Waals surface area contributed by atoms with E-state index in [2.05, 4.69) is 10.9 Å². The third kappa shape index (κ3) is 4.51. The Morgan fingerprint density at radius 2 is 1.52 bits per heavy atom. The first kappa shape index (κ1) is 16.9. The number of benzene rings is 2. The topological polar surface area (TPSA) is 71.3 Å². The fourth-order valence-corrected chi connectivity index (χ4v) is 3.23. The highest BCUT2D eigenvalue weighted by atomic mass is 32.2. The first-order valence-corrected chi connectivity index (χ1v) is 8.52. The largest absolute Gasteiger partial charge is 0.459 e. The van der Waals surface area contributed by atoms with Gasteiger partial charge in [0.2, 0.25) is 0 Å². The smallest absolute Gasteiger partial charge is 0.305 e. The first-order valence-electron chi connectivity index (χ1n) is 7.64. The Kier molecular flexibility index (Phi) is 5.53. The van der Waals surface area contributed by atoms with E-state index in [9.17, 15) is 9.59 Å². The molecule has 0 saturated heterocycles. The van der Waals surface area contributed by atoms with Crippen LogP contribution < -0.4 is 10.9 Å². The number of thioether (sulfide) groups is 1. The van der Waals surface area contributed by atoms with Crippen LogP contribution in [0, 0.1) is 0 Å². The van der Waals surface area contributed by atoms with Gasteiger partial charge in [0.1, 0.15) is 5.25 Å². The summed E-state index contributed by atoms with van der Waals surface area (Å²) in [5.74, 6) is -0.692. The predicted molar refractivity (Wildman–Crippen MR) is 95.8 cm³/mol. The van der Waals surface area contributed by atoms with Crippen molar-refractivity contribution in [2.75, 3.05) is 0 Å². The van der Waals surface area contributed by atoms with Crippen LogP contribution in [0.1, 0.15) is 21.4 Å². The van der Waals surface area contributed by atoms with Crippen molar-refractivity contribution in [3.63, 3.8) is 0 Å². The number of hydrogen-bond donors (Lipinski definition) is 2. The maximum absolute atomic E-state index is 12.6. The van der Waals surface area contributed by atoms with Crippen molar-refractivity contribution in [3.05, 3.63) is 90.4 Å². The van der Waals surface area contributed by atoms with Gasteiger partial charge < -0.3 is 4.42 Å². The van der Waals surface area contributed by atoms with Crippen LogP contribution >= 0.6 is 11.8 Å². The number of furan rings is 1. The molecule has 1 aromatic heterocycles. The lowest BCUT2D eigenvalue weighted by Gasteiger charge is -2.17. The van der Waals surface area contributed by atoms with E-state index in [4.69, 9.17) is 4.42 Å². The molecule has 6 heteroatoms. The van der Waals surface area contributed by atoms with Crippen molar-refractivity contribution in [3.8, 4) is 0 Å². The molecule has 25 heavy (non-hydrogen) atoms. The van der Waals surface area contributed by atoms with Crippen LogP contribution in [-0.4, -0.2) is 11.8 Å². The van der Waals surface area contributed by atoms with Gasteiger partial charge >= 0.3 is 5.91 Å². The van der Waals surface area contributed by atoms with Gasteiger partial charge in [-0.05, 0) is 29.8 Å². The Bertz CT molecular complexity index is 820. The summed E-state index contributed by atoms with van der Waals surface area (Å²) in [5, 5.41) is -0.500. The summed E-state index contributed by atoms with van der Waals surface area (Å²) in [6.45, 7) is 0. The van der Waals surface area contributed by atoms with Gasteiger partial charge in [-0.3, -0.25) is 20.4 Å². The van der Waals surface area contributed by atoms with Crippen LogP contribution in [0.25, 0.3) is 0 Å². The Balaban J connectivity index is 1.72. The van der Waals surface area contributed by atoms with Crippen molar-refractivity contribution in [1.82, 2.24) is 10.9 Å². The van der Waals surface area contributed by atoms with Crippen molar-refractivity contribution in [2.24, 2.45) is 0 Å². The van der Waals surface area contributed by atoms with Crippen molar-refractivity contribution in [2.45, 2.75) is 10.1 Å². The third-order valence-corrected chi connectivity index (χ3v) is 4.65. The average Bonchev–Trinajstić information content (AvgIpc) is 3.20. The molecule has 0 aliphatic heterocycles. The molecule has 0 radical (unpaired) electrons. The zero-order valence-corrected chi connectivity index (χ0v) is 14.0. The van der Waals surface area contributed by atoms with E-state index in [0.29, 0.717) is 0 Å². The second-order valence-electron chi connectivity index (χ2n) is 5.14. The molecule has 126 valence electrons. The molecule has 0 aliphatic carbocycles. The third-order valence-electron chi connectivity index (χ3n) is 3.38. The van der Waals surface area contributed by atoms with Crippen LogP contribution in [0.15, 0.2) is 88.4 Å². The molecule has 3 aromatic rings. The minimum absolute atomic E-state index is 0.132. The molecular formula is C19H16N2O3S. The summed E-state index contributed by atoms with van der Waals surface area (Å²) in [5.41, 5.74) is 5.69. The molecule has 2 N–H and O–H groups in total. The molecule has 0 fully saturated rings. The summed E-state index contributed by atoms with van der Waals surface area (Å²) >= 11 is 1.41. The molecule has 1 heterocycles. The van der Waals surface area contributed by atoms with E-state index in [0.717, 1.165) is 10.5 Å². The van der Waals surface area contributed by atoms with Crippen LogP contribution in [0.4, 0.5) is 0 Å². The molecule has 1 unspecified atom stereocenters. The summed E-state index contributed by atoms with van der Waals surface area (Å²) in [7, 11) is 0. The number of carbonyl (C=O) groups excluding carboxylic acids is 2. The van der Waals surface area contributed by atoms with Crippen LogP contribution in [0.3, 0.4) is 0 Å². The van der Waals surface area contributed by atoms with Gasteiger partial charge in [0.15, 0.2) is 5.76 Å². The van der Waals surface area contributed by atoms with Gasteiger partial charge in [-0.15, -0.1) is 11.8 Å². The number of nitrogens with one attached hydrogen (secondary N) is 2. The van der Waals surface area contributed by atoms with Gasteiger partial charge in [-0.25, -0.2) is 0 Å². The first-order chi connectivity index (χ1) is 12.2. The van der Waals surface area contributed by atoms with Gasteiger partial charge in [0.05, 0.1) is 6.26 Å². The standard InChI is InChI=1S/C19H16N2O3S/c22-18(16-12-7-13-24-16)20-21-19(23)17(14-8-3-1-4-9-14)25-15-10-5-2-6-11-15/h1-13,17H,(H,20,22)(H,21,23). The highest BCUT2D eigenvalue weighted by Crippen LogP contribution is 2.35. The molecule has 5 nitrogen and oxygen atoms in total. The highest BCUT2D eigenvalue weighted by molar-refractivity contribution is 8.00. The van der Waals surface area contributed by atoms with E-state index >= 15 is 0 Å². The molecular weight excluding hydrogens is 336 g/mol. The number of rotatable bonds is 5. The van der Waals surface area contributed by atoms with Gasteiger partial charge in [0, 0.05) is 4.90 Å². The second kappa shape index (κ2) is 8.21. The minimum atomic E-state index is -0.505. The lowest BCUT2D eigenvalue weighted by Crippen LogP contribution is -2.43. The molecule has 3 rings (SSSR count). The fraction of sp³-hybridized carbons (Fsp3) is 0.0526. The van der Waals surface area contributed by atoms with Crippen LogP contribution in [0.2, 0.25) is 0 Å². The Morgan fingerprint density at radius 1 is 0.840 bits per heavy atom. The van der Waals surface area contributed by atoms with Crippen LogP contribution in [-0.2, 0) is 4.79 Å². The molecule has 0 saturated carbocycles. The SMILES string of the molecule is O=C(NNC(=O)C(Sc1ccccc1)c1ccccc1)c1ccco1. The molecule has 1 atom stereocenters. The minimum Gasteiger partial charge on any atom is -0.459 e. The molecule has 0 spiro atoms. The summed E-state index contributed by atoms with van der Waals surface area (Å²) in [6.07, 6.45) is 1.40. The lowest BCUT2D eigenvalue weighted by molar-refractivity contribution is -0.121. The maximum Gasteiger partial charge on any atom is 0.305 e. The number of amides is 2. The van der Waals surface area contributed by atoms with E-state index in [1.54, 1.807) is 6.07 Å². The van der Waals surface area contributed by atoms with E-state index in [1.807, 2.05) is 60.7 Å². The van der Waals surface area contributed by atoms with E-state index < -0.39 is 11.2 Å². The van der Waals surface area contributed by atoms with Crippen molar-refractivity contribution < 1.29 is 14.0 Å².